The minimum absolute atomic E-state index is 0.209. The van der Waals surface area contributed by atoms with Crippen LogP contribution in [0.25, 0.3) is 0 Å². The molecular weight excluding hydrogens is 220 g/mol. The fourth-order valence-corrected chi connectivity index (χ4v) is 1.28. The Morgan fingerprint density at radius 3 is 2.47 bits per heavy atom. The van der Waals surface area contributed by atoms with E-state index in [9.17, 15) is 9.59 Å². The Kier molecular flexibility index (Phi) is 4.33. The topological polar surface area (TPSA) is 110 Å². The number of carbonyl (C=O) groups is 2. The SMILES string of the molecule is Cc1cc(C(=O)NCCNC(N)=O)ccc1N. The maximum Gasteiger partial charge on any atom is 0.312 e. The summed E-state index contributed by atoms with van der Waals surface area (Å²) < 4.78 is 0. The molecule has 3 amide bonds. The summed E-state index contributed by atoms with van der Waals surface area (Å²) in [6.45, 7) is 2.46. The maximum atomic E-state index is 11.7. The van der Waals surface area contributed by atoms with Gasteiger partial charge in [-0.25, -0.2) is 4.79 Å². The molecule has 6 heteroatoms. The Hall–Kier alpha value is -2.24. The molecule has 0 aliphatic carbocycles. The third-order valence-electron chi connectivity index (χ3n) is 2.24. The molecule has 0 fully saturated rings. The number of rotatable bonds is 4. The van der Waals surface area contributed by atoms with Crippen molar-refractivity contribution in [3.05, 3.63) is 29.3 Å². The van der Waals surface area contributed by atoms with Gasteiger partial charge < -0.3 is 22.1 Å². The van der Waals surface area contributed by atoms with E-state index in [0.717, 1.165) is 5.56 Å². The second kappa shape index (κ2) is 5.74. The summed E-state index contributed by atoms with van der Waals surface area (Å²) >= 11 is 0. The molecule has 1 aromatic rings. The second-order valence-corrected chi connectivity index (χ2v) is 3.62. The number of hydrogen-bond acceptors (Lipinski definition) is 3. The molecule has 6 N–H and O–H groups in total. The van der Waals surface area contributed by atoms with E-state index in [2.05, 4.69) is 10.6 Å². The highest BCUT2D eigenvalue weighted by atomic mass is 16.2. The monoisotopic (exact) mass is 236 g/mol. The van der Waals surface area contributed by atoms with E-state index in [1.165, 1.54) is 0 Å². The maximum absolute atomic E-state index is 11.7. The first kappa shape index (κ1) is 12.8. The van der Waals surface area contributed by atoms with Gasteiger partial charge in [0, 0.05) is 24.3 Å². The molecule has 0 spiro atoms. The summed E-state index contributed by atoms with van der Waals surface area (Å²) in [5.41, 5.74) is 12.6. The van der Waals surface area contributed by atoms with Crippen LogP contribution in [0.5, 0.6) is 0 Å². The van der Waals surface area contributed by atoms with E-state index < -0.39 is 6.03 Å². The van der Waals surface area contributed by atoms with E-state index in [1.807, 2.05) is 6.92 Å². The predicted octanol–water partition coefficient (Wildman–Crippen LogP) is -0.0247. The summed E-state index contributed by atoms with van der Waals surface area (Å²) in [6.07, 6.45) is 0. The number of urea groups is 1. The summed E-state index contributed by atoms with van der Waals surface area (Å²) in [5, 5.41) is 5.03. The van der Waals surface area contributed by atoms with Gasteiger partial charge in [-0.3, -0.25) is 4.79 Å². The molecule has 0 saturated carbocycles. The standard InChI is InChI=1S/C11H16N4O2/c1-7-6-8(2-3-9(7)12)10(16)14-4-5-15-11(13)17/h2-3,6H,4-5,12H2,1H3,(H,14,16)(H3,13,15,17). The molecule has 17 heavy (non-hydrogen) atoms. The minimum Gasteiger partial charge on any atom is -0.399 e. The average Bonchev–Trinajstić information content (AvgIpc) is 2.27. The van der Waals surface area contributed by atoms with Gasteiger partial charge in [-0.15, -0.1) is 0 Å². The molecular formula is C11H16N4O2. The van der Waals surface area contributed by atoms with Crippen molar-refractivity contribution in [2.24, 2.45) is 5.73 Å². The Labute approximate surface area is 99.4 Å². The first-order valence-electron chi connectivity index (χ1n) is 5.18. The van der Waals surface area contributed by atoms with Crippen LogP contribution in [0, 0.1) is 6.92 Å². The lowest BCUT2D eigenvalue weighted by Gasteiger charge is -2.07. The van der Waals surface area contributed by atoms with Gasteiger partial charge >= 0.3 is 6.03 Å². The Morgan fingerprint density at radius 1 is 1.24 bits per heavy atom. The minimum atomic E-state index is -0.609. The van der Waals surface area contributed by atoms with Gasteiger partial charge in [0.05, 0.1) is 0 Å². The number of hydrogen-bond donors (Lipinski definition) is 4. The summed E-state index contributed by atoms with van der Waals surface area (Å²) in [6, 6.07) is 4.44. The largest absolute Gasteiger partial charge is 0.399 e. The van der Waals surface area contributed by atoms with Crippen LogP contribution in [0.4, 0.5) is 10.5 Å². The van der Waals surface area contributed by atoms with E-state index in [0.29, 0.717) is 24.3 Å². The number of primary amides is 1. The van der Waals surface area contributed by atoms with E-state index >= 15 is 0 Å². The molecule has 0 radical (unpaired) electrons. The Morgan fingerprint density at radius 2 is 1.88 bits per heavy atom. The molecule has 1 aromatic carbocycles. The van der Waals surface area contributed by atoms with Crippen molar-refractivity contribution in [3.8, 4) is 0 Å². The zero-order chi connectivity index (χ0) is 12.8. The molecule has 0 bridgehead atoms. The van der Waals surface area contributed by atoms with Crippen molar-refractivity contribution in [2.75, 3.05) is 18.8 Å². The predicted molar refractivity (Wildman–Crippen MR) is 65.5 cm³/mol. The van der Waals surface area contributed by atoms with Crippen molar-refractivity contribution in [2.45, 2.75) is 6.92 Å². The highest BCUT2D eigenvalue weighted by Crippen LogP contribution is 2.12. The second-order valence-electron chi connectivity index (χ2n) is 3.62. The number of amides is 3. The number of nitrogens with two attached hydrogens (primary N) is 2. The first-order chi connectivity index (χ1) is 8.00. The van der Waals surface area contributed by atoms with Crippen LogP contribution in [0.2, 0.25) is 0 Å². The molecule has 92 valence electrons. The van der Waals surface area contributed by atoms with E-state index in [4.69, 9.17) is 11.5 Å². The van der Waals surface area contributed by atoms with Crippen LogP contribution in [0.3, 0.4) is 0 Å². The summed E-state index contributed by atoms with van der Waals surface area (Å²) in [4.78, 5) is 22.0. The number of nitrogens with one attached hydrogen (secondary N) is 2. The summed E-state index contributed by atoms with van der Waals surface area (Å²) in [5.74, 6) is -0.209. The Bertz CT molecular complexity index is 431. The average molecular weight is 236 g/mol. The van der Waals surface area contributed by atoms with Crippen LogP contribution in [0.1, 0.15) is 15.9 Å². The highest BCUT2D eigenvalue weighted by molar-refractivity contribution is 5.94. The normalized spacial score (nSPS) is 9.71. The number of benzene rings is 1. The smallest absolute Gasteiger partial charge is 0.312 e. The molecule has 0 aliphatic heterocycles. The third-order valence-corrected chi connectivity index (χ3v) is 2.24. The molecule has 0 unspecified atom stereocenters. The highest BCUT2D eigenvalue weighted by Gasteiger charge is 2.05. The zero-order valence-electron chi connectivity index (χ0n) is 9.62. The van der Waals surface area contributed by atoms with E-state index in [-0.39, 0.29) is 5.91 Å². The lowest BCUT2D eigenvalue weighted by molar-refractivity contribution is 0.0954. The molecule has 0 aromatic heterocycles. The van der Waals surface area contributed by atoms with Crippen molar-refractivity contribution in [3.63, 3.8) is 0 Å². The fraction of sp³-hybridized carbons (Fsp3) is 0.273. The molecule has 6 nitrogen and oxygen atoms in total. The van der Waals surface area contributed by atoms with Gasteiger partial charge in [0.25, 0.3) is 5.91 Å². The van der Waals surface area contributed by atoms with E-state index in [1.54, 1.807) is 18.2 Å². The molecule has 0 atom stereocenters. The molecule has 0 saturated heterocycles. The van der Waals surface area contributed by atoms with Gasteiger partial charge in [0.15, 0.2) is 0 Å². The number of anilines is 1. The zero-order valence-corrected chi connectivity index (χ0v) is 9.62. The summed E-state index contributed by atoms with van der Waals surface area (Å²) in [7, 11) is 0. The molecule has 0 aliphatic rings. The van der Waals surface area contributed by atoms with Crippen LogP contribution in [0.15, 0.2) is 18.2 Å². The molecule has 1 rings (SSSR count). The van der Waals surface area contributed by atoms with Crippen molar-refractivity contribution in [1.29, 1.82) is 0 Å². The van der Waals surface area contributed by atoms with Gasteiger partial charge in [0.2, 0.25) is 0 Å². The van der Waals surface area contributed by atoms with Crippen LogP contribution < -0.4 is 22.1 Å². The van der Waals surface area contributed by atoms with Crippen molar-refractivity contribution in [1.82, 2.24) is 10.6 Å². The molecule has 0 heterocycles. The lowest BCUT2D eigenvalue weighted by atomic mass is 10.1. The van der Waals surface area contributed by atoms with Crippen molar-refractivity contribution < 1.29 is 9.59 Å². The van der Waals surface area contributed by atoms with Crippen LogP contribution in [-0.4, -0.2) is 25.0 Å². The lowest BCUT2D eigenvalue weighted by Crippen LogP contribution is -2.37. The van der Waals surface area contributed by atoms with Gasteiger partial charge in [0.1, 0.15) is 0 Å². The van der Waals surface area contributed by atoms with Crippen molar-refractivity contribution >= 4 is 17.6 Å². The first-order valence-corrected chi connectivity index (χ1v) is 5.18. The van der Waals surface area contributed by atoms with Gasteiger partial charge in [-0.1, -0.05) is 0 Å². The van der Waals surface area contributed by atoms with Crippen LogP contribution in [-0.2, 0) is 0 Å². The van der Waals surface area contributed by atoms with Gasteiger partial charge in [-0.2, -0.15) is 0 Å². The number of nitrogen functional groups attached to an aromatic ring is 1. The van der Waals surface area contributed by atoms with Gasteiger partial charge in [-0.05, 0) is 30.7 Å². The number of aryl methyl sites for hydroxylation is 1. The third kappa shape index (κ3) is 4.02. The quantitative estimate of drug-likeness (QED) is 0.435. The van der Waals surface area contributed by atoms with Crippen LogP contribution >= 0.6 is 0 Å². The fourth-order valence-electron chi connectivity index (χ4n) is 1.28. The number of carbonyl (C=O) groups excluding carboxylic acids is 2. The Balaban J connectivity index is 2.47.